The first-order valence-corrected chi connectivity index (χ1v) is 5.85. The summed E-state index contributed by atoms with van der Waals surface area (Å²) in [5.41, 5.74) is 1.71. The Morgan fingerprint density at radius 1 is 1.33 bits per heavy atom. The second kappa shape index (κ2) is 5.49. The molecule has 0 fully saturated rings. The summed E-state index contributed by atoms with van der Waals surface area (Å²) >= 11 is 0. The summed E-state index contributed by atoms with van der Waals surface area (Å²) in [6.45, 7) is 3.94. The summed E-state index contributed by atoms with van der Waals surface area (Å²) in [5, 5.41) is 0.896. The third-order valence-electron chi connectivity index (χ3n) is 2.46. The molecule has 2 rings (SSSR count). The van der Waals surface area contributed by atoms with Gasteiger partial charge in [0, 0.05) is 17.1 Å². The van der Waals surface area contributed by atoms with E-state index in [0.29, 0.717) is 12.4 Å². The van der Waals surface area contributed by atoms with Crippen molar-refractivity contribution in [2.45, 2.75) is 13.8 Å². The van der Waals surface area contributed by atoms with Gasteiger partial charge in [0.15, 0.2) is 6.61 Å². The number of benzene rings is 1. The molecule has 1 aromatic carbocycles. The summed E-state index contributed by atoms with van der Waals surface area (Å²) in [7, 11) is 0. The molecule has 4 nitrogen and oxygen atoms in total. The number of aromatic nitrogens is 1. The van der Waals surface area contributed by atoms with Crippen molar-refractivity contribution in [1.82, 2.24) is 4.98 Å². The number of aryl methyl sites for hydroxylation is 1. The van der Waals surface area contributed by atoms with Crippen LogP contribution < -0.4 is 4.74 Å². The molecule has 94 valence electrons. The first-order chi connectivity index (χ1) is 8.70. The number of carbonyl (C=O) groups excluding carboxylic acids is 1. The number of pyridine rings is 1. The van der Waals surface area contributed by atoms with Crippen LogP contribution in [0.1, 0.15) is 12.6 Å². The van der Waals surface area contributed by atoms with Gasteiger partial charge in [-0.15, -0.1) is 0 Å². The van der Waals surface area contributed by atoms with Crippen LogP contribution in [-0.2, 0) is 9.53 Å². The van der Waals surface area contributed by atoms with Crippen molar-refractivity contribution < 1.29 is 14.3 Å². The van der Waals surface area contributed by atoms with Gasteiger partial charge >= 0.3 is 5.97 Å². The Morgan fingerprint density at radius 2 is 2.11 bits per heavy atom. The van der Waals surface area contributed by atoms with Crippen molar-refractivity contribution in [3.05, 3.63) is 36.0 Å². The van der Waals surface area contributed by atoms with E-state index in [4.69, 9.17) is 9.47 Å². The largest absolute Gasteiger partial charge is 0.481 e. The van der Waals surface area contributed by atoms with Gasteiger partial charge in [-0.3, -0.25) is 4.98 Å². The van der Waals surface area contributed by atoms with Crippen LogP contribution in [0.5, 0.6) is 5.75 Å². The Kier molecular flexibility index (Phi) is 3.77. The number of esters is 1. The van der Waals surface area contributed by atoms with Gasteiger partial charge in [0.1, 0.15) is 5.75 Å². The number of fused-ring (bicyclic) bond motifs is 1. The van der Waals surface area contributed by atoms with E-state index in [1.165, 1.54) is 0 Å². The molecule has 0 radical (unpaired) electrons. The Balaban J connectivity index is 2.24. The first-order valence-electron chi connectivity index (χ1n) is 5.85. The smallest absolute Gasteiger partial charge is 0.344 e. The molecule has 0 bridgehead atoms. The van der Waals surface area contributed by atoms with Gasteiger partial charge in [0.05, 0.1) is 12.1 Å². The number of rotatable bonds is 4. The second-order valence-corrected chi connectivity index (χ2v) is 3.87. The van der Waals surface area contributed by atoms with E-state index >= 15 is 0 Å². The van der Waals surface area contributed by atoms with Crippen LogP contribution >= 0.6 is 0 Å². The van der Waals surface area contributed by atoms with Gasteiger partial charge < -0.3 is 9.47 Å². The standard InChI is InChI=1S/C14H15NO3/c1-3-17-14(16)9-18-13-8-10(2)15-12-7-5-4-6-11(12)13/h4-8H,3,9H2,1-2H3. The molecule has 0 aliphatic heterocycles. The average molecular weight is 245 g/mol. The predicted molar refractivity (Wildman–Crippen MR) is 68.6 cm³/mol. The highest BCUT2D eigenvalue weighted by Crippen LogP contribution is 2.24. The van der Waals surface area contributed by atoms with Crippen LogP contribution in [-0.4, -0.2) is 24.2 Å². The maximum absolute atomic E-state index is 11.3. The summed E-state index contributed by atoms with van der Waals surface area (Å²) in [6, 6.07) is 9.49. The fourth-order valence-corrected chi connectivity index (χ4v) is 1.73. The molecule has 4 heteroatoms. The molecule has 0 saturated heterocycles. The van der Waals surface area contributed by atoms with Gasteiger partial charge in [0.25, 0.3) is 0 Å². The van der Waals surface area contributed by atoms with E-state index in [0.717, 1.165) is 16.6 Å². The van der Waals surface area contributed by atoms with E-state index in [-0.39, 0.29) is 12.6 Å². The number of carbonyl (C=O) groups is 1. The van der Waals surface area contributed by atoms with Crippen molar-refractivity contribution in [1.29, 1.82) is 0 Å². The van der Waals surface area contributed by atoms with E-state index < -0.39 is 0 Å². The van der Waals surface area contributed by atoms with Crippen molar-refractivity contribution in [2.24, 2.45) is 0 Å². The lowest BCUT2D eigenvalue weighted by atomic mass is 10.2. The fraction of sp³-hybridized carbons (Fsp3) is 0.286. The number of para-hydroxylation sites is 1. The molecule has 0 N–H and O–H groups in total. The summed E-state index contributed by atoms with van der Waals surface area (Å²) < 4.78 is 10.3. The third-order valence-corrected chi connectivity index (χ3v) is 2.46. The van der Waals surface area contributed by atoms with Crippen LogP contribution in [0.4, 0.5) is 0 Å². The quantitative estimate of drug-likeness (QED) is 0.776. The lowest BCUT2D eigenvalue weighted by Crippen LogP contribution is -2.14. The van der Waals surface area contributed by atoms with E-state index in [1.54, 1.807) is 6.92 Å². The fourth-order valence-electron chi connectivity index (χ4n) is 1.73. The SMILES string of the molecule is CCOC(=O)COc1cc(C)nc2ccccc12. The van der Waals surface area contributed by atoms with Crippen LogP contribution in [0, 0.1) is 6.92 Å². The van der Waals surface area contributed by atoms with Crippen molar-refractivity contribution >= 4 is 16.9 Å². The zero-order valence-electron chi connectivity index (χ0n) is 10.5. The number of hydrogen-bond donors (Lipinski definition) is 0. The lowest BCUT2D eigenvalue weighted by molar-refractivity contribution is -0.145. The Hall–Kier alpha value is -2.10. The maximum Gasteiger partial charge on any atom is 0.344 e. The second-order valence-electron chi connectivity index (χ2n) is 3.87. The Morgan fingerprint density at radius 3 is 2.89 bits per heavy atom. The van der Waals surface area contributed by atoms with E-state index in [1.807, 2.05) is 37.3 Å². The molecular formula is C14H15NO3. The minimum absolute atomic E-state index is 0.0821. The minimum atomic E-state index is -0.365. The van der Waals surface area contributed by atoms with Crippen LogP contribution in [0.3, 0.4) is 0 Å². The molecule has 0 amide bonds. The number of nitrogens with zero attached hydrogens (tertiary/aromatic N) is 1. The monoisotopic (exact) mass is 245 g/mol. The molecule has 0 atom stereocenters. The van der Waals surface area contributed by atoms with Crippen molar-refractivity contribution in [2.75, 3.05) is 13.2 Å². The molecule has 0 aliphatic rings. The summed E-state index contributed by atoms with van der Waals surface area (Å²) in [4.78, 5) is 15.7. The molecule has 0 saturated carbocycles. The van der Waals surface area contributed by atoms with Crippen molar-refractivity contribution in [3.8, 4) is 5.75 Å². The van der Waals surface area contributed by atoms with E-state index in [9.17, 15) is 4.79 Å². The molecule has 1 aromatic heterocycles. The normalized spacial score (nSPS) is 10.3. The maximum atomic E-state index is 11.3. The third kappa shape index (κ3) is 2.77. The lowest BCUT2D eigenvalue weighted by Gasteiger charge is -2.09. The zero-order valence-corrected chi connectivity index (χ0v) is 10.5. The minimum Gasteiger partial charge on any atom is -0.481 e. The van der Waals surface area contributed by atoms with Gasteiger partial charge in [0.2, 0.25) is 0 Å². The number of hydrogen-bond acceptors (Lipinski definition) is 4. The van der Waals surface area contributed by atoms with Gasteiger partial charge in [-0.25, -0.2) is 4.79 Å². The van der Waals surface area contributed by atoms with Crippen molar-refractivity contribution in [3.63, 3.8) is 0 Å². The highest BCUT2D eigenvalue weighted by Gasteiger charge is 2.07. The molecule has 1 heterocycles. The molecule has 0 spiro atoms. The Labute approximate surface area is 106 Å². The Bertz CT molecular complexity index is 566. The van der Waals surface area contributed by atoms with Crippen LogP contribution in [0.15, 0.2) is 30.3 Å². The topological polar surface area (TPSA) is 48.4 Å². The van der Waals surface area contributed by atoms with Gasteiger partial charge in [-0.1, -0.05) is 12.1 Å². The predicted octanol–water partition coefficient (Wildman–Crippen LogP) is 2.49. The zero-order chi connectivity index (χ0) is 13.0. The highest BCUT2D eigenvalue weighted by atomic mass is 16.6. The molecule has 0 aliphatic carbocycles. The molecular weight excluding hydrogens is 230 g/mol. The first kappa shape index (κ1) is 12.4. The summed E-state index contributed by atoms with van der Waals surface area (Å²) in [6.07, 6.45) is 0. The molecule has 2 aromatic rings. The average Bonchev–Trinajstić information content (AvgIpc) is 2.36. The van der Waals surface area contributed by atoms with Gasteiger partial charge in [-0.2, -0.15) is 0 Å². The number of ether oxygens (including phenoxy) is 2. The molecule has 0 unspecified atom stereocenters. The molecule has 18 heavy (non-hydrogen) atoms. The van der Waals surface area contributed by atoms with Crippen LogP contribution in [0.2, 0.25) is 0 Å². The highest BCUT2D eigenvalue weighted by molar-refractivity contribution is 5.85. The van der Waals surface area contributed by atoms with E-state index in [2.05, 4.69) is 4.98 Å². The summed E-state index contributed by atoms with van der Waals surface area (Å²) in [5.74, 6) is 0.294. The van der Waals surface area contributed by atoms with Crippen LogP contribution in [0.25, 0.3) is 10.9 Å². The van der Waals surface area contributed by atoms with Gasteiger partial charge in [-0.05, 0) is 26.0 Å².